The number of aliphatic hydroxyl groups excluding tert-OH is 1. The minimum absolute atomic E-state index is 0.201. The molecule has 2 saturated heterocycles. The van der Waals surface area contributed by atoms with Crippen LogP contribution in [0.2, 0.25) is 0 Å². The number of piperidine rings is 1. The zero-order chi connectivity index (χ0) is 25.6. The molecule has 2 aliphatic rings. The van der Waals surface area contributed by atoms with E-state index in [-0.39, 0.29) is 11.6 Å². The summed E-state index contributed by atoms with van der Waals surface area (Å²) in [6.45, 7) is 6.01. The number of nitrogens with zero attached hydrogens (tertiary/aromatic N) is 1. The van der Waals surface area contributed by atoms with E-state index in [1.807, 2.05) is 24.3 Å². The van der Waals surface area contributed by atoms with Crippen molar-refractivity contribution in [3.05, 3.63) is 54.1 Å². The Morgan fingerprint density at radius 3 is 2.61 bits per heavy atom. The van der Waals surface area contributed by atoms with Crippen molar-refractivity contribution in [2.45, 2.75) is 55.4 Å². The van der Waals surface area contributed by atoms with Gasteiger partial charge in [-0.3, -0.25) is 0 Å². The van der Waals surface area contributed by atoms with Crippen LogP contribution in [0.5, 0.6) is 0 Å². The molecule has 0 bridgehead atoms. The fraction of sp³-hybridized carbons (Fsp3) is 0.556. The third-order valence-electron chi connectivity index (χ3n) is 7.12. The largest absolute Gasteiger partial charge is 0.392 e. The normalized spacial score (nSPS) is 21.1. The van der Waals surface area contributed by atoms with Gasteiger partial charge in [0.2, 0.25) is 10.0 Å². The summed E-state index contributed by atoms with van der Waals surface area (Å²) in [4.78, 5) is 0.324. The van der Waals surface area contributed by atoms with Crippen LogP contribution < -0.4 is 10.6 Å². The summed E-state index contributed by atoms with van der Waals surface area (Å²) in [7, 11) is -1.91. The lowest BCUT2D eigenvalue weighted by molar-refractivity contribution is -0.0312. The second-order valence-electron chi connectivity index (χ2n) is 9.95. The second-order valence-corrected chi connectivity index (χ2v) is 11.9. The number of hydrogen-bond donors (Lipinski definition) is 3. The van der Waals surface area contributed by atoms with E-state index in [4.69, 9.17) is 9.47 Å². The Balaban J connectivity index is 1.37. The molecule has 0 saturated carbocycles. The Kier molecular flexibility index (Phi) is 9.16. The van der Waals surface area contributed by atoms with Gasteiger partial charge >= 0.3 is 0 Å². The standard InChI is InChI=1S/C27H39N3O5S/c1-21(31)18-29-25-17-27(35-20-25)10-13-30(14-11-27)36(32,33)26-5-3-4-24(16-26)23-8-6-22(7-9-23)19-28-12-15-34-2/h3-9,16,21,25,28-29,31H,10-15,17-20H2,1-2H3/t21?,25-/m0/s1. The summed E-state index contributed by atoms with van der Waals surface area (Å²) in [6, 6.07) is 15.6. The highest BCUT2D eigenvalue weighted by Gasteiger charge is 2.44. The van der Waals surface area contributed by atoms with Gasteiger partial charge in [-0.15, -0.1) is 0 Å². The van der Waals surface area contributed by atoms with E-state index in [1.54, 1.807) is 30.5 Å². The topological polar surface area (TPSA) is 100 Å². The van der Waals surface area contributed by atoms with E-state index in [9.17, 15) is 13.5 Å². The molecule has 2 atom stereocenters. The Hall–Kier alpha value is -1.85. The van der Waals surface area contributed by atoms with Crippen LogP contribution >= 0.6 is 0 Å². The summed E-state index contributed by atoms with van der Waals surface area (Å²) in [5, 5.41) is 16.2. The quantitative estimate of drug-likeness (QED) is 0.394. The summed E-state index contributed by atoms with van der Waals surface area (Å²) in [5.74, 6) is 0. The van der Waals surface area contributed by atoms with Gasteiger partial charge < -0.3 is 25.2 Å². The van der Waals surface area contributed by atoms with Crippen molar-refractivity contribution in [1.82, 2.24) is 14.9 Å². The van der Waals surface area contributed by atoms with Gasteiger partial charge in [0.25, 0.3) is 0 Å². The minimum atomic E-state index is -3.59. The van der Waals surface area contributed by atoms with Gasteiger partial charge in [-0.05, 0) is 55.0 Å². The third kappa shape index (κ3) is 6.72. The van der Waals surface area contributed by atoms with Gasteiger partial charge in [0.05, 0.1) is 29.8 Å². The highest BCUT2D eigenvalue weighted by atomic mass is 32.2. The number of aliphatic hydroxyl groups is 1. The SMILES string of the molecule is COCCNCc1ccc(-c2cccc(S(=O)(=O)N3CCC4(CC3)C[C@H](NCC(C)O)CO4)c2)cc1. The molecule has 9 heteroatoms. The first-order valence-electron chi connectivity index (χ1n) is 12.8. The maximum Gasteiger partial charge on any atom is 0.243 e. The highest BCUT2D eigenvalue weighted by Crippen LogP contribution is 2.37. The van der Waals surface area contributed by atoms with Crippen molar-refractivity contribution in [3.63, 3.8) is 0 Å². The number of nitrogens with one attached hydrogen (secondary N) is 2. The van der Waals surface area contributed by atoms with Crippen LogP contribution in [0.1, 0.15) is 31.7 Å². The molecule has 0 aromatic heterocycles. The molecule has 36 heavy (non-hydrogen) atoms. The second kappa shape index (κ2) is 12.1. The van der Waals surface area contributed by atoms with E-state index >= 15 is 0 Å². The van der Waals surface area contributed by atoms with Crippen molar-refractivity contribution in [1.29, 1.82) is 0 Å². The molecule has 4 rings (SSSR count). The molecular weight excluding hydrogens is 478 g/mol. The van der Waals surface area contributed by atoms with Gasteiger partial charge in [-0.1, -0.05) is 36.4 Å². The Labute approximate surface area is 215 Å². The molecule has 2 aromatic carbocycles. The predicted octanol–water partition coefficient (Wildman–Crippen LogP) is 2.37. The number of hydrogen-bond acceptors (Lipinski definition) is 7. The van der Waals surface area contributed by atoms with E-state index < -0.39 is 16.1 Å². The first kappa shape index (κ1) is 27.2. The van der Waals surface area contributed by atoms with Crippen molar-refractivity contribution in [2.24, 2.45) is 0 Å². The highest BCUT2D eigenvalue weighted by molar-refractivity contribution is 7.89. The van der Waals surface area contributed by atoms with Crippen LogP contribution in [0.3, 0.4) is 0 Å². The fourth-order valence-electron chi connectivity index (χ4n) is 5.00. The molecule has 8 nitrogen and oxygen atoms in total. The van der Waals surface area contributed by atoms with Gasteiger partial charge in [-0.2, -0.15) is 4.31 Å². The zero-order valence-corrected chi connectivity index (χ0v) is 22.1. The Morgan fingerprint density at radius 2 is 1.92 bits per heavy atom. The minimum Gasteiger partial charge on any atom is -0.392 e. The van der Waals surface area contributed by atoms with Crippen LogP contribution in [-0.2, 0) is 26.0 Å². The number of sulfonamides is 1. The zero-order valence-electron chi connectivity index (χ0n) is 21.3. The van der Waals surface area contributed by atoms with Crippen LogP contribution in [0.15, 0.2) is 53.4 Å². The van der Waals surface area contributed by atoms with Crippen LogP contribution in [0.4, 0.5) is 0 Å². The van der Waals surface area contributed by atoms with Crippen LogP contribution in [0, 0.1) is 0 Å². The summed E-state index contributed by atoms with van der Waals surface area (Å²) in [5.41, 5.74) is 2.76. The molecule has 0 radical (unpaired) electrons. The number of benzene rings is 2. The molecule has 3 N–H and O–H groups in total. The molecular formula is C27H39N3O5S. The first-order valence-corrected chi connectivity index (χ1v) is 14.2. The number of rotatable bonds is 11. The summed E-state index contributed by atoms with van der Waals surface area (Å²) < 4.78 is 39.7. The molecule has 1 unspecified atom stereocenters. The lowest BCUT2D eigenvalue weighted by Crippen LogP contribution is -2.47. The molecule has 1 spiro atoms. The monoisotopic (exact) mass is 517 g/mol. The smallest absolute Gasteiger partial charge is 0.243 e. The lowest BCUT2D eigenvalue weighted by Gasteiger charge is -2.38. The average molecular weight is 518 g/mol. The molecule has 2 aliphatic heterocycles. The first-order chi connectivity index (χ1) is 17.3. The van der Waals surface area contributed by atoms with Gasteiger partial charge in [0.15, 0.2) is 0 Å². The Bertz CT molecular complexity index is 1080. The van der Waals surface area contributed by atoms with Gasteiger partial charge in [0, 0.05) is 45.9 Å². The van der Waals surface area contributed by atoms with E-state index in [2.05, 4.69) is 22.8 Å². The van der Waals surface area contributed by atoms with Gasteiger partial charge in [-0.25, -0.2) is 8.42 Å². The number of methoxy groups -OCH3 is 1. The van der Waals surface area contributed by atoms with Crippen molar-refractivity contribution < 1.29 is 23.0 Å². The maximum atomic E-state index is 13.5. The molecule has 0 amide bonds. The summed E-state index contributed by atoms with van der Waals surface area (Å²) in [6.07, 6.45) is 1.81. The molecule has 0 aliphatic carbocycles. The van der Waals surface area contributed by atoms with Crippen molar-refractivity contribution >= 4 is 10.0 Å². The van der Waals surface area contributed by atoms with E-state index in [0.29, 0.717) is 50.6 Å². The van der Waals surface area contributed by atoms with Crippen molar-refractivity contribution in [2.75, 3.05) is 46.5 Å². The van der Waals surface area contributed by atoms with Gasteiger partial charge in [0.1, 0.15) is 0 Å². The van der Waals surface area contributed by atoms with E-state index in [0.717, 1.165) is 30.6 Å². The summed E-state index contributed by atoms with van der Waals surface area (Å²) >= 11 is 0. The molecule has 2 aromatic rings. The van der Waals surface area contributed by atoms with Crippen LogP contribution in [-0.4, -0.2) is 82.1 Å². The fourth-order valence-corrected chi connectivity index (χ4v) is 6.49. The molecule has 2 fully saturated rings. The lowest BCUT2D eigenvalue weighted by atomic mass is 9.88. The maximum absolute atomic E-state index is 13.5. The van der Waals surface area contributed by atoms with Crippen molar-refractivity contribution in [3.8, 4) is 11.1 Å². The molecule has 198 valence electrons. The third-order valence-corrected chi connectivity index (χ3v) is 9.01. The number of ether oxygens (including phenoxy) is 2. The van der Waals surface area contributed by atoms with Crippen LogP contribution in [0.25, 0.3) is 11.1 Å². The average Bonchev–Trinajstić information content (AvgIpc) is 3.28. The predicted molar refractivity (Wildman–Crippen MR) is 140 cm³/mol. The van der Waals surface area contributed by atoms with E-state index in [1.165, 1.54) is 5.56 Å². The molecule has 2 heterocycles. The Morgan fingerprint density at radius 1 is 1.17 bits per heavy atom.